The first-order valence-electron chi connectivity index (χ1n) is 10.3. The minimum Gasteiger partial charge on any atom is -0.348 e. The van der Waals surface area contributed by atoms with Crippen LogP contribution < -0.4 is 5.32 Å². The summed E-state index contributed by atoms with van der Waals surface area (Å²) < 4.78 is 26.6. The predicted molar refractivity (Wildman–Crippen MR) is 122 cm³/mol. The summed E-state index contributed by atoms with van der Waals surface area (Å²) in [6.45, 7) is 0.229. The third-order valence-corrected chi connectivity index (χ3v) is 5.34. The average Bonchev–Trinajstić information content (AvgIpc) is 3.28. The number of benzene rings is 3. The zero-order valence-electron chi connectivity index (χ0n) is 17.3. The number of aromatic amines is 1. The topological polar surface area (TPSA) is 70.7 Å². The molecule has 5 nitrogen and oxygen atoms in total. The third kappa shape index (κ3) is 4.21. The van der Waals surface area contributed by atoms with Gasteiger partial charge in [-0.2, -0.15) is 5.10 Å². The summed E-state index contributed by atoms with van der Waals surface area (Å²) in [5.41, 5.74) is 4.23. The second kappa shape index (κ2) is 8.63. The quantitative estimate of drug-likeness (QED) is 0.379. The Kier molecular flexibility index (Phi) is 5.36. The Labute approximate surface area is 188 Å². The number of rotatable bonds is 5. The molecule has 0 fully saturated rings. The highest BCUT2D eigenvalue weighted by atomic mass is 19.1. The van der Waals surface area contributed by atoms with Gasteiger partial charge in [-0.1, -0.05) is 42.5 Å². The molecule has 5 rings (SSSR count). The van der Waals surface area contributed by atoms with E-state index in [2.05, 4.69) is 20.5 Å². The highest BCUT2D eigenvalue weighted by molar-refractivity contribution is 6.10. The molecule has 0 aliphatic rings. The number of aromatic nitrogens is 3. The van der Waals surface area contributed by atoms with Gasteiger partial charge in [0.1, 0.15) is 11.6 Å². The minimum atomic E-state index is -0.358. The second-order valence-corrected chi connectivity index (χ2v) is 7.53. The van der Waals surface area contributed by atoms with Crippen molar-refractivity contribution in [1.29, 1.82) is 0 Å². The van der Waals surface area contributed by atoms with Crippen LogP contribution in [0.4, 0.5) is 8.78 Å². The Morgan fingerprint density at radius 1 is 0.848 bits per heavy atom. The van der Waals surface area contributed by atoms with E-state index in [1.165, 1.54) is 24.3 Å². The molecule has 0 aliphatic carbocycles. The van der Waals surface area contributed by atoms with Crippen molar-refractivity contribution in [3.8, 4) is 22.5 Å². The van der Waals surface area contributed by atoms with Gasteiger partial charge in [-0.05, 0) is 48.0 Å². The van der Waals surface area contributed by atoms with Crippen molar-refractivity contribution in [2.24, 2.45) is 0 Å². The highest BCUT2D eigenvalue weighted by Crippen LogP contribution is 2.31. The lowest BCUT2D eigenvalue weighted by atomic mass is 10.0. The van der Waals surface area contributed by atoms with Crippen molar-refractivity contribution in [2.45, 2.75) is 6.54 Å². The zero-order valence-corrected chi connectivity index (χ0v) is 17.3. The number of pyridine rings is 1. The molecule has 0 spiro atoms. The van der Waals surface area contributed by atoms with E-state index in [0.29, 0.717) is 33.5 Å². The first-order chi connectivity index (χ1) is 16.1. The summed E-state index contributed by atoms with van der Waals surface area (Å²) in [6, 6.07) is 23.1. The fourth-order valence-electron chi connectivity index (χ4n) is 3.66. The van der Waals surface area contributed by atoms with Crippen LogP contribution in [0.2, 0.25) is 0 Å². The monoisotopic (exact) mass is 440 g/mol. The van der Waals surface area contributed by atoms with Crippen molar-refractivity contribution in [1.82, 2.24) is 20.5 Å². The Morgan fingerprint density at radius 3 is 2.21 bits per heavy atom. The van der Waals surface area contributed by atoms with E-state index in [-0.39, 0.29) is 24.1 Å². The molecule has 3 aromatic carbocycles. The molecule has 2 heterocycles. The van der Waals surface area contributed by atoms with Gasteiger partial charge in [-0.15, -0.1) is 0 Å². The van der Waals surface area contributed by atoms with Gasteiger partial charge in [-0.25, -0.2) is 13.8 Å². The lowest BCUT2D eigenvalue weighted by Crippen LogP contribution is -2.23. The number of hydrogen-bond donors (Lipinski definition) is 2. The van der Waals surface area contributed by atoms with E-state index in [9.17, 15) is 13.6 Å². The molecule has 0 aliphatic heterocycles. The predicted octanol–water partition coefficient (Wildman–Crippen LogP) is 5.50. The molecule has 0 radical (unpaired) electrons. The fraction of sp³-hybridized carbons (Fsp3) is 0.0385. The summed E-state index contributed by atoms with van der Waals surface area (Å²) in [5, 5.41) is 10.8. The maximum atomic E-state index is 13.4. The number of nitrogens with one attached hydrogen (secondary N) is 2. The van der Waals surface area contributed by atoms with Gasteiger partial charge in [0, 0.05) is 17.7 Å². The van der Waals surface area contributed by atoms with Crippen molar-refractivity contribution < 1.29 is 13.6 Å². The van der Waals surface area contributed by atoms with Crippen molar-refractivity contribution in [3.05, 3.63) is 108 Å². The molecule has 2 N–H and O–H groups in total. The number of nitrogens with zero attached hydrogens (tertiary/aromatic N) is 2. The van der Waals surface area contributed by atoms with Gasteiger partial charge in [-0.3, -0.25) is 9.89 Å². The fourth-order valence-corrected chi connectivity index (χ4v) is 3.66. The van der Waals surface area contributed by atoms with Gasteiger partial charge in [0.2, 0.25) is 0 Å². The first-order valence-corrected chi connectivity index (χ1v) is 10.3. The molecule has 0 bridgehead atoms. The molecule has 162 valence electrons. The Morgan fingerprint density at radius 2 is 1.52 bits per heavy atom. The Balaban J connectivity index is 1.59. The van der Waals surface area contributed by atoms with Crippen LogP contribution in [-0.2, 0) is 6.54 Å². The summed E-state index contributed by atoms with van der Waals surface area (Å²) in [5.74, 6) is -1.02. The third-order valence-electron chi connectivity index (χ3n) is 5.34. The minimum absolute atomic E-state index is 0.229. The van der Waals surface area contributed by atoms with Gasteiger partial charge in [0.25, 0.3) is 5.91 Å². The van der Waals surface area contributed by atoms with E-state index in [1.807, 2.05) is 30.3 Å². The maximum absolute atomic E-state index is 13.4. The van der Waals surface area contributed by atoms with Gasteiger partial charge in [0.05, 0.1) is 22.3 Å². The summed E-state index contributed by atoms with van der Waals surface area (Å²) in [6.07, 6.45) is 0. The van der Waals surface area contributed by atoms with Crippen LogP contribution in [0.3, 0.4) is 0 Å². The van der Waals surface area contributed by atoms with Crippen molar-refractivity contribution >= 4 is 16.9 Å². The molecular formula is C26H18F2N4O. The largest absolute Gasteiger partial charge is 0.348 e. The van der Waals surface area contributed by atoms with Crippen molar-refractivity contribution in [2.75, 3.05) is 0 Å². The van der Waals surface area contributed by atoms with Crippen LogP contribution in [0.5, 0.6) is 0 Å². The van der Waals surface area contributed by atoms with Crippen LogP contribution in [0.15, 0.2) is 84.9 Å². The van der Waals surface area contributed by atoms with Crippen LogP contribution in [0.1, 0.15) is 15.9 Å². The van der Waals surface area contributed by atoms with Crippen LogP contribution in [-0.4, -0.2) is 21.1 Å². The molecule has 0 unspecified atom stereocenters. The maximum Gasteiger partial charge on any atom is 0.252 e. The molecule has 0 saturated carbocycles. The SMILES string of the molecule is O=C(NCc1ccc(F)cc1)c1cc(-c2ccc(F)cc2)nc2n[nH]c(-c3ccccc3)c12. The Hall–Kier alpha value is -4.39. The molecule has 1 amide bonds. The first kappa shape index (κ1) is 20.5. The lowest BCUT2D eigenvalue weighted by Gasteiger charge is -2.10. The molecule has 2 aromatic heterocycles. The summed E-state index contributed by atoms with van der Waals surface area (Å²) >= 11 is 0. The molecule has 7 heteroatoms. The van der Waals surface area contributed by atoms with E-state index >= 15 is 0 Å². The van der Waals surface area contributed by atoms with Crippen LogP contribution >= 0.6 is 0 Å². The van der Waals surface area contributed by atoms with E-state index in [0.717, 1.165) is 11.1 Å². The number of carbonyl (C=O) groups excluding carboxylic acids is 1. The van der Waals surface area contributed by atoms with E-state index < -0.39 is 0 Å². The zero-order chi connectivity index (χ0) is 22.8. The van der Waals surface area contributed by atoms with E-state index in [4.69, 9.17) is 0 Å². The lowest BCUT2D eigenvalue weighted by molar-refractivity contribution is 0.0952. The summed E-state index contributed by atoms with van der Waals surface area (Å²) in [7, 11) is 0. The van der Waals surface area contributed by atoms with Gasteiger partial charge in [0.15, 0.2) is 5.65 Å². The number of carbonyl (C=O) groups is 1. The van der Waals surface area contributed by atoms with Gasteiger partial charge >= 0.3 is 0 Å². The number of halogens is 2. The number of fused-ring (bicyclic) bond motifs is 1. The molecular weight excluding hydrogens is 422 g/mol. The Bertz CT molecular complexity index is 1430. The van der Waals surface area contributed by atoms with E-state index in [1.54, 1.807) is 30.3 Å². The summed E-state index contributed by atoms with van der Waals surface area (Å²) in [4.78, 5) is 17.9. The number of H-pyrrole nitrogens is 1. The van der Waals surface area contributed by atoms with Crippen molar-refractivity contribution in [3.63, 3.8) is 0 Å². The average molecular weight is 440 g/mol. The van der Waals surface area contributed by atoms with Gasteiger partial charge < -0.3 is 5.32 Å². The molecule has 0 saturated heterocycles. The molecule has 5 aromatic rings. The second-order valence-electron chi connectivity index (χ2n) is 7.53. The van der Waals surface area contributed by atoms with Crippen LogP contribution in [0, 0.1) is 11.6 Å². The van der Waals surface area contributed by atoms with Crippen LogP contribution in [0.25, 0.3) is 33.5 Å². The molecule has 0 atom stereocenters. The normalized spacial score (nSPS) is 11.0. The molecule has 33 heavy (non-hydrogen) atoms. The standard InChI is InChI=1S/C26H18F2N4O/c27-19-10-6-16(7-11-19)15-29-26(33)21-14-22(17-8-12-20(28)13-9-17)30-25-23(21)24(31-32-25)18-4-2-1-3-5-18/h1-14H,15H2,(H,29,33)(H,30,31,32). The highest BCUT2D eigenvalue weighted by Gasteiger charge is 2.20. The smallest absolute Gasteiger partial charge is 0.252 e. The number of amides is 1. The number of hydrogen-bond acceptors (Lipinski definition) is 3.